The molecule has 0 aliphatic rings. The van der Waals surface area contributed by atoms with Gasteiger partial charge in [-0.1, -0.05) is 6.07 Å². The van der Waals surface area contributed by atoms with Gasteiger partial charge in [0.15, 0.2) is 4.67 Å². The zero-order chi connectivity index (χ0) is 11.5. The average molecular weight is 281 g/mol. The molecule has 3 nitrogen and oxygen atoms in total. The Morgan fingerprint density at radius 1 is 1.38 bits per heavy atom. The maximum Gasteiger partial charge on any atom is 0.169 e. The molecular formula is C12H13BrN2O. The number of pyridine rings is 1. The highest BCUT2D eigenvalue weighted by Gasteiger charge is 2.11. The van der Waals surface area contributed by atoms with Crippen LogP contribution in [0.1, 0.15) is 23.1 Å². The summed E-state index contributed by atoms with van der Waals surface area (Å²) in [5, 5.41) is 0. The Morgan fingerprint density at radius 2 is 2.19 bits per heavy atom. The van der Waals surface area contributed by atoms with Crippen LogP contribution in [-0.4, -0.2) is 4.98 Å². The zero-order valence-corrected chi connectivity index (χ0v) is 10.6. The fourth-order valence-corrected chi connectivity index (χ4v) is 1.79. The second-order valence-electron chi connectivity index (χ2n) is 3.78. The molecule has 0 fully saturated rings. The van der Waals surface area contributed by atoms with Gasteiger partial charge < -0.3 is 10.2 Å². The summed E-state index contributed by atoms with van der Waals surface area (Å²) >= 11 is 3.26. The van der Waals surface area contributed by atoms with Crippen molar-refractivity contribution in [3.63, 3.8) is 0 Å². The topological polar surface area (TPSA) is 52.0 Å². The maximum atomic E-state index is 6.02. The van der Waals surface area contributed by atoms with Crippen molar-refractivity contribution in [2.75, 3.05) is 0 Å². The molecule has 0 aromatic carbocycles. The Balaban J connectivity index is 2.07. The van der Waals surface area contributed by atoms with E-state index in [4.69, 9.17) is 10.2 Å². The predicted molar refractivity (Wildman–Crippen MR) is 66.0 cm³/mol. The summed E-state index contributed by atoms with van der Waals surface area (Å²) in [5.41, 5.74) is 8.15. The molecule has 0 aliphatic carbocycles. The first-order chi connectivity index (χ1) is 7.65. The fourth-order valence-electron chi connectivity index (χ4n) is 1.47. The van der Waals surface area contributed by atoms with Gasteiger partial charge in [0.25, 0.3) is 0 Å². The molecule has 2 aromatic heterocycles. The van der Waals surface area contributed by atoms with Gasteiger partial charge in [0, 0.05) is 18.3 Å². The minimum atomic E-state index is -0.151. The van der Waals surface area contributed by atoms with E-state index in [1.807, 2.05) is 37.4 Å². The molecule has 2 N–H and O–H groups in total. The maximum absolute atomic E-state index is 6.02. The molecule has 4 heteroatoms. The lowest BCUT2D eigenvalue weighted by molar-refractivity contribution is 0.446. The Hall–Kier alpha value is -1.13. The van der Waals surface area contributed by atoms with E-state index >= 15 is 0 Å². The molecule has 0 bridgehead atoms. The fraction of sp³-hybridized carbons (Fsp3) is 0.250. The molecule has 2 aromatic rings. The molecule has 0 aliphatic heterocycles. The SMILES string of the molecule is Cc1ccc(CC(N)c2ccc(Br)o2)nc1. The van der Waals surface area contributed by atoms with Gasteiger partial charge in [-0.15, -0.1) is 0 Å². The minimum Gasteiger partial charge on any atom is -0.453 e. The van der Waals surface area contributed by atoms with E-state index < -0.39 is 0 Å². The monoisotopic (exact) mass is 280 g/mol. The molecule has 2 heterocycles. The highest BCUT2D eigenvalue weighted by atomic mass is 79.9. The van der Waals surface area contributed by atoms with Crippen molar-refractivity contribution in [3.05, 3.63) is 52.1 Å². The number of nitrogens with zero attached hydrogens (tertiary/aromatic N) is 1. The minimum absolute atomic E-state index is 0.151. The van der Waals surface area contributed by atoms with Gasteiger partial charge in [0.05, 0.1) is 6.04 Å². The van der Waals surface area contributed by atoms with E-state index in [9.17, 15) is 0 Å². The van der Waals surface area contributed by atoms with Crippen molar-refractivity contribution in [1.82, 2.24) is 4.98 Å². The third kappa shape index (κ3) is 2.71. The van der Waals surface area contributed by atoms with Gasteiger partial charge in [-0.2, -0.15) is 0 Å². The lowest BCUT2D eigenvalue weighted by Gasteiger charge is -2.07. The Labute approximate surface area is 103 Å². The molecule has 16 heavy (non-hydrogen) atoms. The van der Waals surface area contributed by atoms with Crippen molar-refractivity contribution >= 4 is 15.9 Å². The number of hydrogen-bond donors (Lipinski definition) is 1. The normalized spacial score (nSPS) is 12.7. The zero-order valence-electron chi connectivity index (χ0n) is 8.98. The van der Waals surface area contributed by atoms with Crippen LogP contribution in [0.3, 0.4) is 0 Å². The van der Waals surface area contributed by atoms with Crippen LogP contribution in [0.25, 0.3) is 0 Å². The van der Waals surface area contributed by atoms with E-state index in [1.54, 1.807) is 0 Å². The quantitative estimate of drug-likeness (QED) is 0.941. The largest absolute Gasteiger partial charge is 0.453 e. The molecule has 2 rings (SSSR count). The molecule has 0 amide bonds. The summed E-state index contributed by atoms with van der Waals surface area (Å²) in [4.78, 5) is 4.32. The van der Waals surface area contributed by atoms with Gasteiger partial charge in [0.2, 0.25) is 0 Å². The van der Waals surface area contributed by atoms with Crippen LogP contribution in [0.2, 0.25) is 0 Å². The molecular weight excluding hydrogens is 268 g/mol. The number of furan rings is 1. The van der Waals surface area contributed by atoms with Crippen molar-refractivity contribution < 1.29 is 4.42 Å². The van der Waals surface area contributed by atoms with E-state index in [0.717, 1.165) is 17.0 Å². The first-order valence-electron chi connectivity index (χ1n) is 5.07. The van der Waals surface area contributed by atoms with E-state index in [0.29, 0.717) is 11.1 Å². The van der Waals surface area contributed by atoms with Crippen molar-refractivity contribution in [3.8, 4) is 0 Å². The molecule has 0 saturated carbocycles. The molecule has 1 atom stereocenters. The molecule has 84 valence electrons. The summed E-state index contributed by atoms with van der Waals surface area (Å²) in [6, 6.07) is 7.60. The summed E-state index contributed by atoms with van der Waals surface area (Å²) in [6.07, 6.45) is 2.53. The molecule has 0 spiro atoms. The Bertz CT molecular complexity index is 464. The Morgan fingerprint density at radius 3 is 2.75 bits per heavy atom. The van der Waals surface area contributed by atoms with Crippen LogP contribution < -0.4 is 5.73 Å². The molecule has 1 unspecified atom stereocenters. The third-order valence-corrected chi connectivity index (χ3v) is 2.79. The van der Waals surface area contributed by atoms with Crippen molar-refractivity contribution in [2.24, 2.45) is 5.73 Å². The number of rotatable bonds is 3. The smallest absolute Gasteiger partial charge is 0.169 e. The molecule has 0 radical (unpaired) electrons. The van der Waals surface area contributed by atoms with Crippen LogP contribution in [0.15, 0.2) is 39.5 Å². The van der Waals surface area contributed by atoms with Crippen LogP contribution in [0.4, 0.5) is 0 Å². The lowest BCUT2D eigenvalue weighted by atomic mass is 10.1. The van der Waals surface area contributed by atoms with E-state index in [-0.39, 0.29) is 6.04 Å². The standard InChI is InChI=1S/C12H13BrN2O/c1-8-2-3-9(15-7-8)6-10(14)11-4-5-12(13)16-11/h2-5,7,10H,6,14H2,1H3. The highest BCUT2D eigenvalue weighted by Crippen LogP contribution is 2.21. The highest BCUT2D eigenvalue weighted by molar-refractivity contribution is 9.10. The first kappa shape index (κ1) is 11.4. The van der Waals surface area contributed by atoms with Crippen LogP contribution in [-0.2, 0) is 6.42 Å². The summed E-state index contributed by atoms with van der Waals surface area (Å²) in [7, 11) is 0. The number of aromatic nitrogens is 1. The van der Waals surface area contributed by atoms with Crippen LogP contribution in [0, 0.1) is 6.92 Å². The number of hydrogen-bond acceptors (Lipinski definition) is 3. The van der Waals surface area contributed by atoms with Gasteiger partial charge in [-0.3, -0.25) is 4.98 Å². The van der Waals surface area contributed by atoms with Gasteiger partial charge in [-0.25, -0.2) is 0 Å². The second-order valence-corrected chi connectivity index (χ2v) is 4.56. The van der Waals surface area contributed by atoms with Crippen molar-refractivity contribution in [1.29, 1.82) is 0 Å². The summed E-state index contributed by atoms with van der Waals surface area (Å²) in [6.45, 7) is 2.01. The van der Waals surface area contributed by atoms with Gasteiger partial charge >= 0.3 is 0 Å². The van der Waals surface area contributed by atoms with Crippen LogP contribution in [0.5, 0.6) is 0 Å². The number of nitrogens with two attached hydrogens (primary N) is 1. The number of halogens is 1. The van der Waals surface area contributed by atoms with E-state index in [2.05, 4.69) is 20.9 Å². The third-order valence-electron chi connectivity index (χ3n) is 2.36. The lowest BCUT2D eigenvalue weighted by Crippen LogP contribution is -2.13. The Kier molecular flexibility index (Phi) is 3.41. The predicted octanol–water partition coefficient (Wildman–Crippen LogP) is 2.99. The average Bonchev–Trinajstić information content (AvgIpc) is 2.68. The summed E-state index contributed by atoms with van der Waals surface area (Å²) in [5.74, 6) is 0.772. The van der Waals surface area contributed by atoms with Crippen LogP contribution >= 0.6 is 15.9 Å². The van der Waals surface area contributed by atoms with Gasteiger partial charge in [-0.05, 0) is 46.6 Å². The first-order valence-corrected chi connectivity index (χ1v) is 5.87. The van der Waals surface area contributed by atoms with Gasteiger partial charge in [0.1, 0.15) is 5.76 Å². The van der Waals surface area contributed by atoms with Crippen molar-refractivity contribution in [2.45, 2.75) is 19.4 Å². The van der Waals surface area contributed by atoms with E-state index in [1.165, 1.54) is 0 Å². The number of aryl methyl sites for hydroxylation is 1. The molecule has 0 saturated heterocycles. The second kappa shape index (κ2) is 4.80. The summed E-state index contributed by atoms with van der Waals surface area (Å²) < 4.78 is 6.11.